The van der Waals surface area contributed by atoms with Gasteiger partial charge in [0.25, 0.3) is 5.56 Å². The molecule has 1 fully saturated rings. The van der Waals surface area contributed by atoms with Crippen LogP contribution in [0.5, 0.6) is 11.5 Å². The molecule has 36 heavy (non-hydrogen) atoms. The van der Waals surface area contributed by atoms with Crippen LogP contribution in [-0.4, -0.2) is 42.8 Å². The van der Waals surface area contributed by atoms with Gasteiger partial charge < -0.3 is 18.5 Å². The number of rotatable bonds is 6. The largest absolute Gasteiger partial charge is 0.497 e. The number of nitrogens with zero attached hydrogens (tertiary/aromatic N) is 2. The second-order valence-corrected chi connectivity index (χ2v) is 9.67. The van der Waals surface area contributed by atoms with E-state index >= 15 is 0 Å². The Kier molecular flexibility index (Phi) is 5.85. The number of pyridine rings is 1. The summed E-state index contributed by atoms with van der Waals surface area (Å²) in [6.45, 7) is 4.06. The standard InChI is InChI=1S/C29H28N2O5/c1-34-22-7-5-20(6-8-22)25-18-36-27-14-23(9-10-24(27)29(25)33)35-12-11-30-15-19-13-21(17-30)26-3-2-4-28(32)31(26)16-19/h2-10,14,18-19,21H,11-13,15-17H2,1H3/t19-,21+/m1/s1. The summed E-state index contributed by atoms with van der Waals surface area (Å²) in [5.74, 6) is 2.29. The van der Waals surface area contributed by atoms with Crippen LogP contribution in [0.1, 0.15) is 18.0 Å². The molecule has 2 aliphatic rings. The quantitative estimate of drug-likeness (QED) is 0.410. The second kappa shape index (κ2) is 9.32. The molecular weight excluding hydrogens is 456 g/mol. The lowest BCUT2D eigenvalue weighted by Gasteiger charge is -2.42. The predicted molar refractivity (Wildman–Crippen MR) is 138 cm³/mol. The molecule has 0 radical (unpaired) electrons. The van der Waals surface area contributed by atoms with Crippen LogP contribution in [0.2, 0.25) is 0 Å². The monoisotopic (exact) mass is 484 g/mol. The summed E-state index contributed by atoms with van der Waals surface area (Å²) in [6.07, 6.45) is 2.65. The molecule has 6 rings (SSSR count). The van der Waals surface area contributed by atoms with Crippen LogP contribution >= 0.6 is 0 Å². The Hall–Kier alpha value is -3.84. The van der Waals surface area contributed by atoms with Gasteiger partial charge in [0.2, 0.25) is 0 Å². The van der Waals surface area contributed by atoms with Gasteiger partial charge in [0.05, 0.1) is 18.1 Å². The van der Waals surface area contributed by atoms with Gasteiger partial charge in [-0.05, 0) is 48.2 Å². The fourth-order valence-electron chi connectivity index (χ4n) is 5.64. The first-order valence-electron chi connectivity index (χ1n) is 12.3. The van der Waals surface area contributed by atoms with Crippen molar-refractivity contribution in [1.82, 2.24) is 9.47 Å². The van der Waals surface area contributed by atoms with Crippen LogP contribution in [-0.2, 0) is 6.54 Å². The molecule has 0 unspecified atom stereocenters. The van der Waals surface area contributed by atoms with E-state index in [1.807, 2.05) is 41.0 Å². The van der Waals surface area contributed by atoms with Crippen molar-refractivity contribution in [2.24, 2.45) is 5.92 Å². The number of fused-ring (bicyclic) bond motifs is 5. The fraction of sp³-hybridized carbons (Fsp3) is 0.310. The SMILES string of the molecule is COc1ccc(-c2coc3cc(OCCN4C[C@H]5C[C@@H](C4)c4cccc(=O)n4C5)ccc3c2=O)cc1. The van der Waals surface area contributed by atoms with E-state index in [9.17, 15) is 9.59 Å². The normalized spacial score (nSPS) is 19.1. The highest BCUT2D eigenvalue weighted by Gasteiger charge is 2.34. The minimum atomic E-state index is -0.0767. The number of ether oxygens (including phenoxy) is 2. The Balaban J connectivity index is 1.12. The number of hydrogen-bond acceptors (Lipinski definition) is 6. The van der Waals surface area contributed by atoms with Crippen molar-refractivity contribution < 1.29 is 13.9 Å². The van der Waals surface area contributed by atoms with Crippen molar-refractivity contribution in [3.05, 3.63) is 93.2 Å². The summed E-state index contributed by atoms with van der Waals surface area (Å²) in [7, 11) is 1.61. The summed E-state index contributed by atoms with van der Waals surface area (Å²) in [5, 5.41) is 0.522. The smallest absolute Gasteiger partial charge is 0.250 e. The highest BCUT2D eigenvalue weighted by Crippen LogP contribution is 2.34. The minimum absolute atomic E-state index is 0.0767. The van der Waals surface area contributed by atoms with Gasteiger partial charge in [-0.2, -0.15) is 0 Å². The van der Waals surface area contributed by atoms with Crippen molar-refractivity contribution in [3.8, 4) is 22.6 Å². The summed E-state index contributed by atoms with van der Waals surface area (Å²) in [4.78, 5) is 27.7. The Morgan fingerprint density at radius 3 is 2.64 bits per heavy atom. The van der Waals surface area contributed by atoms with Gasteiger partial charge in [-0.15, -0.1) is 0 Å². The van der Waals surface area contributed by atoms with Gasteiger partial charge in [-0.1, -0.05) is 18.2 Å². The van der Waals surface area contributed by atoms with E-state index in [1.165, 1.54) is 6.26 Å². The van der Waals surface area contributed by atoms with Crippen molar-refractivity contribution in [2.75, 3.05) is 33.4 Å². The van der Waals surface area contributed by atoms with Gasteiger partial charge in [0, 0.05) is 49.9 Å². The number of benzene rings is 2. The van der Waals surface area contributed by atoms with E-state index in [0.29, 0.717) is 40.7 Å². The molecule has 0 aliphatic carbocycles. The highest BCUT2D eigenvalue weighted by atomic mass is 16.5. The molecular formula is C29H28N2O5. The van der Waals surface area contributed by atoms with E-state index < -0.39 is 0 Å². The third-order valence-corrected chi connectivity index (χ3v) is 7.38. The molecule has 2 aliphatic heterocycles. The molecule has 2 atom stereocenters. The Morgan fingerprint density at radius 1 is 0.972 bits per heavy atom. The van der Waals surface area contributed by atoms with Crippen molar-refractivity contribution in [1.29, 1.82) is 0 Å². The highest BCUT2D eigenvalue weighted by molar-refractivity contribution is 5.82. The number of hydrogen-bond donors (Lipinski definition) is 0. The molecule has 0 saturated carbocycles. The van der Waals surface area contributed by atoms with Gasteiger partial charge in [-0.3, -0.25) is 14.5 Å². The fourth-order valence-corrected chi connectivity index (χ4v) is 5.64. The summed E-state index contributed by atoms with van der Waals surface area (Å²) < 4.78 is 19.0. The lowest BCUT2D eigenvalue weighted by Crippen LogP contribution is -2.48. The zero-order valence-electron chi connectivity index (χ0n) is 20.2. The molecule has 2 bridgehead atoms. The van der Waals surface area contributed by atoms with Crippen molar-refractivity contribution >= 4 is 11.0 Å². The van der Waals surface area contributed by atoms with Crippen LogP contribution in [0.3, 0.4) is 0 Å². The third-order valence-electron chi connectivity index (χ3n) is 7.38. The van der Waals surface area contributed by atoms with E-state index in [-0.39, 0.29) is 11.0 Å². The molecule has 4 heterocycles. The van der Waals surface area contributed by atoms with Gasteiger partial charge in [-0.25, -0.2) is 0 Å². The van der Waals surface area contributed by atoms with Crippen LogP contribution in [0.15, 0.2) is 80.9 Å². The molecule has 184 valence electrons. The molecule has 0 N–H and O–H groups in total. The maximum atomic E-state index is 13.1. The predicted octanol–water partition coefficient (Wildman–Crippen LogP) is 4.13. The zero-order valence-corrected chi connectivity index (χ0v) is 20.2. The Bertz CT molecular complexity index is 1520. The Labute approximate surface area is 208 Å². The van der Waals surface area contributed by atoms with E-state index in [1.54, 1.807) is 25.3 Å². The lowest BCUT2D eigenvalue weighted by molar-refractivity contribution is 0.104. The average molecular weight is 485 g/mol. The third kappa shape index (κ3) is 4.20. The summed E-state index contributed by atoms with van der Waals surface area (Å²) >= 11 is 0. The molecule has 7 nitrogen and oxygen atoms in total. The molecule has 1 saturated heterocycles. The summed E-state index contributed by atoms with van der Waals surface area (Å²) in [5.41, 5.74) is 2.99. The maximum Gasteiger partial charge on any atom is 0.250 e. The van der Waals surface area contributed by atoms with Crippen LogP contribution < -0.4 is 20.5 Å². The van der Waals surface area contributed by atoms with Crippen molar-refractivity contribution in [3.63, 3.8) is 0 Å². The topological polar surface area (TPSA) is 73.9 Å². The summed E-state index contributed by atoms with van der Waals surface area (Å²) in [6, 6.07) is 18.3. The van der Waals surface area contributed by atoms with E-state index in [2.05, 4.69) is 11.0 Å². The van der Waals surface area contributed by atoms with Gasteiger partial charge >= 0.3 is 0 Å². The first kappa shape index (κ1) is 22.6. The first-order valence-corrected chi connectivity index (χ1v) is 12.3. The van der Waals surface area contributed by atoms with Gasteiger partial charge in [0.15, 0.2) is 5.43 Å². The molecule has 0 spiro atoms. The van der Waals surface area contributed by atoms with Gasteiger partial charge in [0.1, 0.15) is 30.0 Å². The van der Waals surface area contributed by atoms with Crippen LogP contribution in [0.25, 0.3) is 22.1 Å². The molecule has 0 amide bonds. The van der Waals surface area contributed by atoms with Crippen LogP contribution in [0, 0.1) is 5.92 Å². The molecule has 4 aromatic rings. The first-order chi connectivity index (χ1) is 17.6. The van der Waals surface area contributed by atoms with E-state index in [4.69, 9.17) is 13.9 Å². The Morgan fingerprint density at radius 2 is 1.81 bits per heavy atom. The molecule has 7 heteroatoms. The minimum Gasteiger partial charge on any atom is -0.497 e. The number of methoxy groups -OCH3 is 1. The second-order valence-electron chi connectivity index (χ2n) is 9.67. The molecule has 2 aromatic carbocycles. The number of likely N-dealkylation sites (tertiary alicyclic amines) is 1. The lowest BCUT2D eigenvalue weighted by atomic mass is 9.83. The molecule has 2 aromatic heterocycles. The zero-order chi connectivity index (χ0) is 24.6. The maximum absolute atomic E-state index is 13.1. The van der Waals surface area contributed by atoms with E-state index in [0.717, 1.165) is 49.6 Å². The van der Waals surface area contributed by atoms with Crippen molar-refractivity contribution in [2.45, 2.75) is 18.9 Å². The number of aromatic nitrogens is 1. The average Bonchev–Trinajstić information content (AvgIpc) is 2.90. The van der Waals surface area contributed by atoms with Crippen LogP contribution in [0.4, 0.5) is 0 Å². The number of piperidine rings is 1.